The topological polar surface area (TPSA) is 34.1 Å². The van der Waals surface area contributed by atoms with Gasteiger partial charge in [-0.1, -0.05) is 47.3 Å². The Bertz CT molecular complexity index is 553. The minimum absolute atomic E-state index is 0.0484. The van der Waals surface area contributed by atoms with Crippen molar-refractivity contribution in [2.75, 3.05) is 5.75 Å². The zero-order valence-electron chi connectivity index (χ0n) is 10.3. The van der Waals surface area contributed by atoms with Crippen LogP contribution in [0.3, 0.4) is 0 Å². The smallest absolute Gasteiger partial charge is 0.179 e. The van der Waals surface area contributed by atoms with Crippen LogP contribution in [-0.2, 0) is 9.84 Å². The van der Waals surface area contributed by atoms with Gasteiger partial charge in [-0.05, 0) is 31.4 Å². The molecule has 2 nitrogen and oxygen atoms in total. The van der Waals surface area contributed by atoms with E-state index in [9.17, 15) is 8.42 Å². The van der Waals surface area contributed by atoms with E-state index in [1.165, 1.54) is 12.1 Å². The number of hydrogen-bond acceptors (Lipinski definition) is 2. The molecule has 0 N–H and O–H groups in total. The summed E-state index contributed by atoms with van der Waals surface area (Å²) in [5, 5.41) is 0.549. The van der Waals surface area contributed by atoms with Gasteiger partial charge in [-0.2, -0.15) is 0 Å². The van der Waals surface area contributed by atoms with Crippen molar-refractivity contribution >= 4 is 44.6 Å². The Hall–Kier alpha value is -0.220. The van der Waals surface area contributed by atoms with Crippen molar-refractivity contribution in [1.82, 2.24) is 0 Å². The van der Waals surface area contributed by atoms with Gasteiger partial charge in [0.2, 0.25) is 0 Å². The molecule has 1 aromatic carbocycles. The zero-order chi connectivity index (χ0) is 14.5. The Labute approximate surface area is 129 Å². The second-order valence-electron chi connectivity index (χ2n) is 4.15. The molecule has 0 amide bonds. The fraction of sp³-hybridized carbons (Fsp3) is 0.385. The van der Waals surface area contributed by atoms with Crippen LogP contribution >= 0.6 is 34.8 Å². The maximum Gasteiger partial charge on any atom is 0.179 e. The molecule has 0 bridgehead atoms. The molecular formula is C13H15Cl3O2S. The Morgan fingerprint density at radius 1 is 1.00 bits per heavy atom. The minimum Gasteiger partial charge on any atom is -0.224 e. The first-order valence-electron chi connectivity index (χ1n) is 5.86. The monoisotopic (exact) mass is 340 g/mol. The van der Waals surface area contributed by atoms with Gasteiger partial charge < -0.3 is 0 Å². The highest BCUT2D eigenvalue weighted by atomic mass is 35.5. The van der Waals surface area contributed by atoms with Crippen LogP contribution in [0.15, 0.2) is 29.7 Å². The quantitative estimate of drug-likeness (QED) is 0.389. The number of sulfone groups is 1. The summed E-state index contributed by atoms with van der Waals surface area (Å²) in [5.74, 6) is 0.0574. The molecule has 0 spiro atoms. The second-order valence-corrected chi connectivity index (χ2v) is 7.45. The molecule has 0 saturated heterocycles. The van der Waals surface area contributed by atoms with Crippen molar-refractivity contribution in [1.29, 1.82) is 0 Å². The third-order valence-corrected chi connectivity index (χ3v) is 5.61. The molecule has 0 aliphatic heterocycles. The van der Waals surface area contributed by atoms with E-state index >= 15 is 0 Å². The number of unbranched alkanes of at least 4 members (excludes halogenated alkanes) is 3. The fourth-order valence-corrected chi connectivity index (χ4v) is 4.03. The lowest BCUT2D eigenvalue weighted by atomic mass is 10.2. The maximum absolute atomic E-state index is 12.1. The third kappa shape index (κ3) is 4.99. The van der Waals surface area contributed by atoms with Gasteiger partial charge in [0.1, 0.15) is 0 Å². The lowest BCUT2D eigenvalue weighted by Gasteiger charge is -2.08. The van der Waals surface area contributed by atoms with E-state index in [1.807, 2.05) is 6.08 Å². The Kier molecular flexibility index (Phi) is 6.67. The van der Waals surface area contributed by atoms with Crippen LogP contribution in [0.5, 0.6) is 0 Å². The van der Waals surface area contributed by atoms with E-state index in [0.29, 0.717) is 6.42 Å². The first kappa shape index (κ1) is 16.8. The second kappa shape index (κ2) is 7.53. The molecule has 6 heteroatoms. The lowest BCUT2D eigenvalue weighted by Crippen LogP contribution is -2.07. The fourth-order valence-electron chi connectivity index (χ4n) is 1.61. The summed E-state index contributed by atoms with van der Waals surface area (Å²) in [5.41, 5.74) is 0. The first-order valence-corrected chi connectivity index (χ1v) is 8.65. The van der Waals surface area contributed by atoms with Crippen molar-refractivity contribution in [3.8, 4) is 0 Å². The molecule has 1 aromatic rings. The van der Waals surface area contributed by atoms with Crippen molar-refractivity contribution in [2.24, 2.45) is 0 Å². The molecule has 19 heavy (non-hydrogen) atoms. The SMILES string of the molecule is C=CCCCCCS(=O)(=O)c1cc(Cl)c(Cl)cc1Cl. The summed E-state index contributed by atoms with van der Waals surface area (Å²) in [6.07, 6.45) is 5.09. The zero-order valence-corrected chi connectivity index (χ0v) is 13.4. The largest absolute Gasteiger partial charge is 0.224 e. The molecule has 0 aliphatic rings. The number of benzene rings is 1. The molecule has 0 unspecified atom stereocenters. The summed E-state index contributed by atoms with van der Waals surface area (Å²) in [4.78, 5) is 0.0484. The van der Waals surface area contributed by atoms with Gasteiger partial charge in [-0.25, -0.2) is 8.42 Å². The average molecular weight is 342 g/mol. The number of halogens is 3. The van der Waals surface area contributed by atoms with Crippen molar-refractivity contribution in [3.63, 3.8) is 0 Å². The van der Waals surface area contributed by atoms with E-state index < -0.39 is 9.84 Å². The molecule has 106 valence electrons. The van der Waals surface area contributed by atoms with Gasteiger partial charge in [-0.15, -0.1) is 6.58 Å². The minimum atomic E-state index is -3.42. The van der Waals surface area contributed by atoms with Crippen molar-refractivity contribution in [2.45, 2.75) is 30.6 Å². The lowest BCUT2D eigenvalue weighted by molar-refractivity contribution is 0.590. The summed E-state index contributed by atoms with van der Waals surface area (Å²) in [7, 11) is -3.42. The molecule has 1 rings (SSSR count). The van der Waals surface area contributed by atoms with E-state index in [1.54, 1.807) is 0 Å². The predicted octanol–water partition coefficient (Wildman–Crippen LogP) is 5.17. The summed E-state index contributed by atoms with van der Waals surface area (Å²) in [6, 6.07) is 2.67. The first-order chi connectivity index (χ1) is 8.88. The summed E-state index contributed by atoms with van der Waals surface area (Å²) < 4.78 is 24.3. The van der Waals surface area contributed by atoms with Crippen molar-refractivity contribution < 1.29 is 8.42 Å². The standard InChI is InChI=1S/C13H15Cl3O2S/c1-2-3-4-5-6-7-19(17,18)13-9-11(15)10(14)8-12(13)16/h2,8-9H,1,3-7H2. The van der Waals surface area contributed by atoms with E-state index in [2.05, 4.69) is 6.58 Å². The third-order valence-electron chi connectivity index (χ3n) is 2.63. The molecule has 0 aromatic heterocycles. The van der Waals surface area contributed by atoms with Gasteiger partial charge in [0.15, 0.2) is 9.84 Å². The molecule has 0 heterocycles. The van der Waals surface area contributed by atoms with E-state index in [0.717, 1.165) is 19.3 Å². The summed E-state index contributed by atoms with van der Waals surface area (Å²) >= 11 is 17.5. The van der Waals surface area contributed by atoms with Crippen LogP contribution in [0.4, 0.5) is 0 Å². The highest BCUT2D eigenvalue weighted by molar-refractivity contribution is 7.91. The van der Waals surface area contributed by atoms with E-state index in [-0.39, 0.29) is 25.7 Å². The molecule has 0 aliphatic carbocycles. The van der Waals surface area contributed by atoms with Crippen molar-refractivity contribution in [3.05, 3.63) is 39.9 Å². The van der Waals surface area contributed by atoms with Gasteiger partial charge in [-0.3, -0.25) is 0 Å². The van der Waals surface area contributed by atoms with Crippen LogP contribution in [-0.4, -0.2) is 14.2 Å². The van der Waals surface area contributed by atoms with Gasteiger partial charge in [0, 0.05) is 0 Å². The summed E-state index contributed by atoms with van der Waals surface area (Å²) in [6.45, 7) is 3.62. The highest BCUT2D eigenvalue weighted by Gasteiger charge is 2.19. The number of hydrogen-bond donors (Lipinski definition) is 0. The molecule has 0 atom stereocenters. The van der Waals surface area contributed by atoms with E-state index in [4.69, 9.17) is 34.8 Å². The van der Waals surface area contributed by atoms with Crippen LogP contribution in [0.25, 0.3) is 0 Å². The molecule has 0 saturated carbocycles. The normalized spacial score (nSPS) is 11.5. The molecule has 0 fully saturated rings. The molecular weight excluding hydrogens is 327 g/mol. The van der Waals surface area contributed by atoms with Crippen LogP contribution in [0.2, 0.25) is 15.1 Å². The molecule has 0 radical (unpaired) electrons. The van der Waals surface area contributed by atoms with Crippen LogP contribution in [0, 0.1) is 0 Å². The van der Waals surface area contributed by atoms with Crippen LogP contribution < -0.4 is 0 Å². The Morgan fingerprint density at radius 2 is 1.63 bits per heavy atom. The number of allylic oxidation sites excluding steroid dienone is 1. The van der Waals surface area contributed by atoms with Gasteiger partial charge >= 0.3 is 0 Å². The maximum atomic E-state index is 12.1. The highest BCUT2D eigenvalue weighted by Crippen LogP contribution is 2.32. The van der Waals surface area contributed by atoms with Gasteiger partial charge in [0.25, 0.3) is 0 Å². The Balaban J connectivity index is 2.77. The van der Waals surface area contributed by atoms with Gasteiger partial charge in [0.05, 0.1) is 25.7 Å². The average Bonchev–Trinajstić information content (AvgIpc) is 2.33. The Morgan fingerprint density at radius 3 is 2.26 bits per heavy atom. The number of rotatable bonds is 7. The van der Waals surface area contributed by atoms with Crippen LogP contribution in [0.1, 0.15) is 25.7 Å². The predicted molar refractivity (Wildman–Crippen MR) is 82.2 cm³/mol.